The average molecular weight is 260 g/mol. The molecule has 100 valence electrons. The van der Waals surface area contributed by atoms with E-state index in [0.717, 1.165) is 32.4 Å². The van der Waals surface area contributed by atoms with Gasteiger partial charge in [-0.05, 0) is 31.4 Å². The van der Waals surface area contributed by atoms with Crippen molar-refractivity contribution in [2.24, 2.45) is 0 Å². The summed E-state index contributed by atoms with van der Waals surface area (Å²) in [5.41, 5.74) is 0.475. The van der Waals surface area contributed by atoms with E-state index in [0.29, 0.717) is 5.56 Å². The molecule has 1 aromatic rings. The molecule has 1 saturated heterocycles. The lowest BCUT2D eigenvalue weighted by molar-refractivity contribution is -0.385. The fraction of sp³-hybridized carbons (Fsp3) is 0.357. The molecule has 0 radical (unpaired) electrons. The van der Waals surface area contributed by atoms with Gasteiger partial charge in [0.1, 0.15) is 0 Å². The van der Waals surface area contributed by atoms with Gasteiger partial charge in [-0.3, -0.25) is 14.9 Å². The largest absolute Gasteiger partial charge is 0.339 e. The number of nitrogens with zero attached hydrogens (tertiary/aromatic N) is 2. The van der Waals surface area contributed by atoms with E-state index in [9.17, 15) is 14.9 Å². The van der Waals surface area contributed by atoms with Crippen molar-refractivity contribution in [1.29, 1.82) is 0 Å². The number of likely N-dealkylation sites (tertiary alicyclic amines) is 1. The number of hydrogen-bond acceptors (Lipinski definition) is 3. The standard InChI is InChI=1S/C14H16N2O3/c17-14(15-10-4-1-5-11-15)9-8-12-6-2-3-7-13(12)16(18)19/h2-3,6-9H,1,4-5,10-11H2. The van der Waals surface area contributed by atoms with Gasteiger partial charge in [0, 0.05) is 25.2 Å². The first-order valence-electron chi connectivity index (χ1n) is 6.39. The number of carbonyl (C=O) groups is 1. The Bertz CT molecular complexity index is 505. The van der Waals surface area contributed by atoms with Crippen molar-refractivity contribution in [2.45, 2.75) is 19.3 Å². The fourth-order valence-corrected chi connectivity index (χ4v) is 2.18. The summed E-state index contributed by atoms with van der Waals surface area (Å²) in [5, 5.41) is 10.8. The van der Waals surface area contributed by atoms with Gasteiger partial charge >= 0.3 is 0 Å². The Morgan fingerprint density at radius 2 is 1.89 bits per heavy atom. The highest BCUT2D eigenvalue weighted by Crippen LogP contribution is 2.19. The minimum Gasteiger partial charge on any atom is -0.339 e. The van der Waals surface area contributed by atoms with Crippen LogP contribution < -0.4 is 0 Å². The molecule has 1 aliphatic heterocycles. The zero-order chi connectivity index (χ0) is 13.7. The molecule has 0 N–H and O–H groups in total. The molecule has 0 atom stereocenters. The van der Waals surface area contributed by atoms with E-state index < -0.39 is 4.92 Å². The van der Waals surface area contributed by atoms with Crippen molar-refractivity contribution in [3.8, 4) is 0 Å². The molecule has 1 amide bonds. The molecule has 0 unspecified atom stereocenters. The van der Waals surface area contributed by atoms with Crippen LogP contribution in [-0.2, 0) is 4.79 Å². The topological polar surface area (TPSA) is 63.4 Å². The Hall–Kier alpha value is -2.17. The maximum atomic E-state index is 11.9. The van der Waals surface area contributed by atoms with Crippen LogP contribution in [0.15, 0.2) is 30.3 Å². The molecule has 1 aromatic carbocycles. The lowest BCUT2D eigenvalue weighted by Gasteiger charge is -2.25. The molecule has 5 heteroatoms. The summed E-state index contributed by atoms with van der Waals surface area (Å²) >= 11 is 0. The van der Waals surface area contributed by atoms with Gasteiger partial charge in [0.15, 0.2) is 0 Å². The van der Waals surface area contributed by atoms with Crippen molar-refractivity contribution in [3.05, 3.63) is 46.0 Å². The number of hydrogen-bond donors (Lipinski definition) is 0. The van der Waals surface area contributed by atoms with E-state index in [1.807, 2.05) is 0 Å². The van der Waals surface area contributed by atoms with Crippen LogP contribution >= 0.6 is 0 Å². The first-order chi connectivity index (χ1) is 9.18. The first kappa shape index (κ1) is 13.3. The molecule has 0 aliphatic carbocycles. The molecule has 0 aromatic heterocycles. The summed E-state index contributed by atoms with van der Waals surface area (Å²) in [5.74, 6) is -0.0714. The van der Waals surface area contributed by atoms with E-state index in [4.69, 9.17) is 0 Å². The molecular weight excluding hydrogens is 244 g/mol. The molecule has 2 rings (SSSR count). The van der Waals surface area contributed by atoms with Crippen molar-refractivity contribution in [1.82, 2.24) is 4.90 Å². The third-order valence-corrected chi connectivity index (χ3v) is 3.21. The van der Waals surface area contributed by atoms with Crippen LogP contribution in [0.4, 0.5) is 5.69 Å². The number of benzene rings is 1. The molecule has 0 bridgehead atoms. The molecule has 1 heterocycles. The number of nitro benzene ring substituents is 1. The monoisotopic (exact) mass is 260 g/mol. The third-order valence-electron chi connectivity index (χ3n) is 3.21. The second-order valence-corrected chi connectivity index (χ2v) is 4.54. The number of nitro groups is 1. The molecular formula is C14H16N2O3. The highest BCUT2D eigenvalue weighted by atomic mass is 16.6. The van der Waals surface area contributed by atoms with Crippen molar-refractivity contribution in [3.63, 3.8) is 0 Å². The van der Waals surface area contributed by atoms with Gasteiger partial charge in [0.25, 0.3) is 5.69 Å². The van der Waals surface area contributed by atoms with Crippen LogP contribution in [0.1, 0.15) is 24.8 Å². The van der Waals surface area contributed by atoms with Gasteiger partial charge in [-0.1, -0.05) is 12.1 Å². The Morgan fingerprint density at radius 1 is 1.21 bits per heavy atom. The highest BCUT2D eigenvalue weighted by Gasteiger charge is 2.15. The van der Waals surface area contributed by atoms with E-state index in [2.05, 4.69) is 0 Å². The quantitative estimate of drug-likeness (QED) is 0.476. The van der Waals surface area contributed by atoms with Crippen LogP contribution in [-0.4, -0.2) is 28.8 Å². The highest BCUT2D eigenvalue weighted by molar-refractivity contribution is 5.92. The smallest absolute Gasteiger partial charge is 0.276 e. The van der Waals surface area contributed by atoms with Gasteiger partial charge in [-0.25, -0.2) is 0 Å². The van der Waals surface area contributed by atoms with Crippen molar-refractivity contribution in [2.75, 3.05) is 13.1 Å². The summed E-state index contributed by atoms with van der Waals surface area (Å²) < 4.78 is 0. The SMILES string of the molecule is O=C(C=Cc1ccccc1[N+](=O)[O-])N1CCCCC1. The van der Waals surface area contributed by atoms with E-state index in [1.165, 1.54) is 18.2 Å². The zero-order valence-corrected chi connectivity index (χ0v) is 10.6. The summed E-state index contributed by atoms with van der Waals surface area (Å²) in [6.07, 6.45) is 6.18. The number of piperidine rings is 1. The van der Waals surface area contributed by atoms with Gasteiger partial charge in [-0.15, -0.1) is 0 Å². The summed E-state index contributed by atoms with van der Waals surface area (Å²) in [6, 6.07) is 6.41. The Kier molecular flexibility index (Phi) is 4.28. The lowest BCUT2D eigenvalue weighted by Crippen LogP contribution is -2.34. The van der Waals surface area contributed by atoms with Crippen LogP contribution in [0.25, 0.3) is 6.08 Å². The summed E-state index contributed by atoms with van der Waals surface area (Å²) in [6.45, 7) is 1.56. The second kappa shape index (κ2) is 6.13. The minimum atomic E-state index is -0.439. The fourth-order valence-electron chi connectivity index (χ4n) is 2.18. The van der Waals surface area contributed by atoms with E-state index >= 15 is 0 Å². The molecule has 1 fully saturated rings. The lowest BCUT2D eigenvalue weighted by atomic mass is 10.1. The number of carbonyl (C=O) groups excluding carboxylic acids is 1. The molecule has 0 saturated carbocycles. The van der Waals surface area contributed by atoms with Crippen molar-refractivity contribution >= 4 is 17.7 Å². The minimum absolute atomic E-state index is 0.0187. The van der Waals surface area contributed by atoms with Crippen LogP contribution in [0.3, 0.4) is 0 Å². The predicted molar refractivity (Wildman–Crippen MR) is 72.6 cm³/mol. The number of rotatable bonds is 3. The number of para-hydroxylation sites is 1. The normalized spacial score (nSPS) is 15.7. The van der Waals surface area contributed by atoms with Gasteiger partial charge < -0.3 is 4.90 Å². The number of amides is 1. The predicted octanol–water partition coefficient (Wildman–Crippen LogP) is 2.62. The molecule has 19 heavy (non-hydrogen) atoms. The van der Waals surface area contributed by atoms with Crippen molar-refractivity contribution < 1.29 is 9.72 Å². The Balaban J connectivity index is 2.09. The van der Waals surface area contributed by atoms with Crippen LogP contribution in [0.2, 0.25) is 0 Å². The van der Waals surface area contributed by atoms with Gasteiger partial charge in [0.05, 0.1) is 10.5 Å². The Labute approximate surface area is 111 Å². The first-order valence-corrected chi connectivity index (χ1v) is 6.39. The van der Waals surface area contributed by atoms with Crippen LogP contribution in [0.5, 0.6) is 0 Å². The average Bonchev–Trinajstić information content (AvgIpc) is 2.46. The third kappa shape index (κ3) is 3.40. The molecule has 0 spiro atoms. The molecule has 5 nitrogen and oxygen atoms in total. The van der Waals surface area contributed by atoms with Crippen LogP contribution in [0, 0.1) is 10.1 Å². The summed E-state index contributed by atoms with van der Waals surface area (Å²) in [7, 11) is 0. The van der Waals surface area contributed by atoms with Gasteiger partial charge in [-0.2, -0.15) is 0 Å². The second-order valence-electron chi connectivity index (χ2n) is 4.54. The van der Waals surface area contributed by atoms with Gasteiger partial charge in [0.2, 0.25) is 5.91 Å². The Morgan fingerprint density at radius 3 is 2.58 bits per heavy atom. The maximum absolute atomic E-state index is 11.9. The zero-order valence-electron chi connectivity index (χ0n) is 10.6. The maximum Gasteiger partial charge on any atom is 0.276 e. The molecule has 1 aliphatic rings. The van der Waals surface area contributed by atoms with E-state index in [1.54, 1.807) is 23.1 Å². The van der Waals surface area contributed by atoms with E-state index in [-0.39, 0.29) is 11.6 Å². The summed E-state index contributed by atoms with van der Waals surface area (Å²) in [4.78, 5) is 24.1.